The molecule has 13 heavy (non-hydrogen) atoms. The average Bonchev–Trinajstić information content (AvgIpc) is 2.13. The monoisotopic (exact) mass is 188 g/mol. The molecule has 0 rings (SSSR count). The van der Waals surface area contributed by atoms with Crippen molar-refractivity contribution in [2.75, 3.05) is 14.1 Å². The zero-order chi connectivity index (χ0) is 10.6. The van der Waals surface area contributed by atoms with Crippen LogP contribution in [0.2, 0.25) is 0 Å². The van der Waals surface area contributed by atoms with Crippen LogP contribution in [0.1, 0.15) is 20.8 Å². The SMILES string of the molecule is CC(N(C)N=O)C(C)(C)N(C)N=O. The first-order valence-electron chi connectivity index (χ1n) is 4.01. The van der Waals surface area contributed by atoms with Gasteiger partial charge in [-0.3, -0.25) is 10.0 Å². The summed E-state index contributed by atoms with van der Waals surface area (Å²) in [6, 6.07) is -0.187. The van der Waals surface area contributed by atoms with Gasteiger partial charge in [0.1, 0.15) is 0 Å². The second kappa shape index (κ2) is 4.15. The van der Waals surface area contributed by atoms with E-state index in [0.717, 1.165) is 0 Å². The molecule has 0 spiro atoms. The fourth-order valence-corrected chi connectivity index (χ4v) is 0.904. The minimum atomic E-state index is -0.523. The van der Waals surface area contributed by atoms with Crippen LogP contribution in [0.25, 0.3) is 0 Å². The van der Waals surface area contributed by atoms with Gasteiger partial charge >= 0.3 is 0 Å². The molecule has 0 radical (unpaired) electrons. The van der Waals surface area contributed by atoms with Crippen molar-refractivity contribution in [1.29, 1.82) is 0 Å². The maximum atomic E-state index is 10.3. The average molecular weight is 188 g/mol. The van der Waals surface area contributed by atoms with E-state index in [4.69, 9.17) is 0 Å². The lowest BCUT2D eigenvalue weighted by Gasteiger charge is -2.38. The van der Waals surface area contributed by atoms with Crippen molar-refractivity contribution in [1.82, 2.24) is 10.0 Å². The highest BCUT2D eigenvalue weighted by atomic mass is 16.3. The standard InChI is InChI=1S/C7H16N4O2/c1-6(10(4)8-12)7(2,3)11(5)9-13/h6H,1-5H3. The molecule has 0 aromatic heterocycles. The van der Waals surface area contributed by atoms with Gasteiger partial charge < -0.3 is 0 Å². The maximum Gasteiger partial charge on any atom is 0.0769 e. The summed E-state index contributed by atoms with van der Waals surface area (Å²) in [7, 11) is 3.14. The highest BCUT2D eigenvalue weighted by molar-refractivity contribution is 4.87. The summed E-state index contributed by atoms with van der Waals surface area (Å²) in [5.74, 6) is 0. The Kier molecular flexibility index (Phi) is 3.77. The Morgan fingerprint density at radius 2 is 1.62 bits per heavy atom. The minimum absolute atomic E-state index is 0.187. The van der Waals surface area contributed by atoms with Crippen LogP contribution >= 0.6 is 0 Å². The topological polar surface area (TPSA) is 65.3 Å². The highest BCUT2D eigenvalue weighted by Gasteiger charge is 2.34. The molecule has 6 nitrogen and oxygen atoms in total. The van der Waals surface area contributed by atoms with Crippen LogP contribution in [0, 0.1) is 9.81 Å². The number of hydrogen-bond donors (Lipinski definition) is 0. The summed E-state index contributed by atoms with van der Waals surface area (Å²) in [6.07, 6.45) is 0. The molecule has 0 saturated heterocycles. The van der Waals surface area contributed by atoms with Crippen LogP contribution in [-0.2, 0) is 0 Å². The Labute approximate surface area is 77.8 Å². The summed E-state index contributed by atoms with van der Waals surface area (Å²) in [5.41, 5.74) is -0.523. The summed E-state index contributed by atoms with van der Waals surface area (Å²) >= 11 is 0. The second-order valence-electron chi connectivity index (χ2n) is 3.59. The third-order valence-corrected chi connectivity index (χ3v) is 2.67. The third kappa shape index (κ3) is 2.37. The van der Waals surface area contributed by atoms with Crippen molar-refractivity contribution < 1.29 is 0 Å². The molecule has 76 valence electrons. The third-order valence-electron chi connectivity index (χ3n) is 2.67. The van der Waals surface area contributed by atoms with Crippen molar-refractivity contribution in [3.63, 3.8) is 0 Å². The largest absolute Gasteiger partial charge is 0.259 e. The van der Waals surface area contributed by atoms with Gasteiger partial charge in [0.2, 0.25) is 0 Å². The second-order valence-corrected chi connectivity index (χ2v) is 3.59. The Balaban J connectivity index is 4.60. The molecule has 0 aliphatic rings. The van der Waals surface area contributed by atoms with E-state index in [1.54, 1.807) is 14.1 Å². The van der Waals surface area contributed by atoms with Crippen molar-refractivity contribution in [2.24, 2.45) is 10.6 Å². The summed E-state index contributed by atoms with van der Waals surface area (Å²) in [4.78, 5) is 20.6. The van der Waals surface area contributed by atoms with E-state index >= 15 is 0 Å². The number of hydrogen-bond acceptors (Lipinski definition) is 4. The van der Waals surface area contributed by atoms with E-state index in [1.165, 1.54) is 10.0 Å². The molecular formula is C7H16N4O2. The zero-order valence-corrected chi connectivity index (χ0v) is 8.68. The molecule has 1 unspecified atom stereocenters. The fourth-order valence-electron chi connectivity index (χ4n) is 0.904. The maximum absolute atomic E-state index is 10.3. The molecule has 0 saturated carbocycles. The van der Waals surface area contributed by atoms with Crippen LogP contribution in [0.5, 0.6) is 0 Å². The van der Waals surface area contributed by atoms with Gasteiger partial charge in [-0.15, -0.1) is 9.81 Å². The lowest BCUT2D eigenvalue weighted by molar-refractivity contribution is 0.0580. The zero-order valence-electron chi connectivity index (χ0n) is 8.68. The predicted octanol–water partition coefficient (Wildman–Crippen LogP) is 1.38. The molecule has 0 heterocycles. The van der Waals surface area contributed by atoms with Crippen LogP contribution in [0.15, 0.2) is 10.6 Å². The van der Waals surface area contributed by atoms with Crippen molar-refractivity contribution in [3.8, 4) is 0 Å². The van der Waals surface area contributed by atoms with Gasteiger partial charge in [0, 0.05) is 14.1 Å². The molecule has 0 aromatic carbocycles. The minimum Gasteiger partial charge on any atom is -0.259 e. The molecule has 0 fully saturated rings. The molecule has 0 aromatic rings. The molecule has 6 heteroatoms. The van der Waals surface area contributed by atoms with Gasteiger partial charge in [-0.25, -0.2) is 0 Å². The number of nitrogens with zero attached hydrogens (tertiary/aromatic N) is 4. The highest BCUT2D eigenvalue weighted by Crippen LogP contribution is 2.21. The molecule has 1 atom stereocenters. The van der Waals surface area contributed by atoms with Gasteiger partial charge in [-0.1, -0.05) is 0 Å². The van der Waals surface area contributed by atoms with E-state index in [2.05, 4.69) is 10.6 Å². The van der Waals surface area contributed by atoms with Crippen molar-refractivity contribution in [3.05, 3.63) is 9.81 Å². The predicted molar refractivity (Wildman–Crippen MR) is 50.7 cm³/mol. The molecule has 0 bridgehead atoms. The first kappa shape index (κ1) is 11.8. The summed E-state index contributed by atoms with van der Waals surface area (Å²) < 4.78 is 0. The molecule has 0 aliphatic carbocycles. The van der Waals surface area contributed by atoms with Crippen LogP contribution in [0.4, 0.5) is 0 Å². The fraction of sp³-hybridized carbons (Fsp3) is 1.00. The van der Waals surface area contributed by atoms with Crippen LogP contribution in [0.3, 0.4) is 0 Å². The van der Waals surface area contributed by atoms with E-state index in [9.17, 15) is 9.81 Å². The van der Waals surface area contributed by atoms with Crippen LogP contribution < -0.4 is 0 Å². The van der Waals surface area contributed by atoms with Gasteiger partial charge in [-0.05, 0) is 20.8 Å². The molecule has 0 amide bonds. The first-order valence-corrected chi connectivity index (χ1v) is 4.01. The lowest BCUT2D eigenvalue weighted by Crippen LogP contribution is -2.52. The molecule has 0 aliphatic heterocycles. The Morgan fingerprint density at radius 1 is 1.15 bits per heavy atom. The summed E-state index contributed by atoms with van der Waals surface area (Å²) in [5, 5.41) is 8.14. The van der Waals surface area contributed by atoms with E-state index < -0.39 is 5.54 Å². The van der Waals surface area contributed by atoms with Gasteiger partial charge in [-0.2, -0.15) is 0 Å². The van der Waals surface area contributed by atoms with Gasteiger partial charge in [0.25, 0.3) is 0 Å². The summed E-state index contributed by atoms with van der Waals surface area (Å²) in [6.45, 7) is 5.45. The Morgan fingerprint density at radius 3 is 1.92 bits per heavy atom. The lowest BCUT2D eigenvalue weighted by atomic mass is 9.95. The molecular weight excluding hydrogens is 172 g/mol. The number of nitroso groups, excluding NO2 is 2. The van der Waals surface area contributed by atoms with Gasteiger partial charge in [0.15, 0.2) is 0 Å². The van der Waals surface area contributed by atoms with Crippen molar-refractivity contribution in [2.45, 2.75) is 32.4 Å². The normalized spacial score (nSPS) is 13.3. The van der Waals surface area contributed by atoms with Gasteiger partial charge in [0.05, 0.1) is 22.2 Å². The molecule has 0 N–H and O–H groups in total. The van der Waals surface area contributed by atoms with Crippen LogP contribution in [-0.4, -0.2) is 35.7 Å². The smallest absolute Gasteiger partial charge is 0.0769 e. The van der Waals surface area contributed by atoms with Crippen molar-refractivity contribution >= 4 is 0 Å². The van der Waals surface area contributed by atoms with E-state index in [-0.39, 0.29) is 6.04 Å². The van der Waals surface area contributed by atoms with E-state index in [0.29, 0.717) is 0 Å². The van der Waals surface area contributed by atoms with E-state index in [1.807, 2.05) is 20.8 Å². The first-order chi connectivity index (χ1) is 5.87. The number of rotatable bonds is 5. The number of likely N-dealkylation sites (N-methyl/N-ethyl adjacent to an activating group) is 2. The quantitative estimate of drug-likeness (QED) is 0.483. The Hall–Kier alpha value is -1.20. The Bertz CT molecular complexity index is 195.